The first kappa shape index (κ1) is 24.4. The molecule has 0 atom stereocenters. The molecule has 0 spiro atoms. The van der Waals surface area contributed by atoms with Gasteiger partial charge in [0.15, 0.2) is 0 Å². The molecule has 174 valence electrons. The summed E-state index contributed by atoms with van der Waals surface area (Å²) in [6.45, 7) is 6.41. The Morgan fingerprint density at radius 1 is 1.00 bits per heavy atom. The van der Waals surface area contributed by atoms with E-state index in [9.17, 15) is 17.6 Å². The zero-order valence-electron chi connectivity index (χ0n) is 18.8. The lowest BCUT2D eigenvalue weighted by Gasteiger charge is -2.13. The molecule has 0 saturated carbocycles. The van der Waals surface area contributed by atoms with Crippen LogP contribution in [0.1, 0.15) is 40.9 Å². The number of rotatable bonds is 9. The van der Waals surface area contributed by atoms with Crippen LogP contribution in [-0.4, -0.2) is 20.4 Å². The Balaban J connectivity index is 1.73. The van der Waals surface area contributed by atoms with E-state index in [2.05, 4.69) is 10.0 Å². The van der Waals surface area contributed by atoms with Crippen LogP contribution in [0.2, 0.25) is 0 Å². The predicted molar refractivity (Wildman–Crippen MR) is 126 cm³/mol. The standard InChI is InChI=1S/C25H27FN2O4S/c1-17(2)32-16-20-8-6-7-19(13-20)15-27-25(29)22-14-21(12-11-18(22)3)33(30,31)28-24-10-5-4-9-23(24)26/h4-14,17,28H,15-16H2,1-3H3,(H,27,29). The second-order valence-corrected chi connectivity index (χ2v) is 9.61. The molecule has 0 bridgehead atoms. The maximum atomic E-state index is 13.9. The number of para-hydroxylation sites is 1. The van der Waals surface area contributed by atoms with Crippen molar-refractivity contribution in [2.24, 2.45) is 0 Å². The minimum atomic E-state index is -4.08. The van der Waals surface area contributed by atoms with Gasteiger partial charge in [-0.1, -0.05) is 42.5 Å². The number of aryl methyl sites for hydroxylation is 1. The molecule has 3 aromatic rings. The van der Waals surface area contributed by atoms with Crippen molar-refractivity contribution < 1.29 is 22.3 Å². The van der Waals surface area contributed by atoms with Gasteiger partial charge in [-0.25, -0.2) is 12.8 Å². The molecule has 0 saturated heterocycles. The molecule has 33 heavy (non-hydrogen) atoms. The SMILES string of the molecule is Cc1ccc(S(=O)(=O)Nc2ccccc2F)cc1C(=O)NCc1cccc(COC(C)C)c1. The van der Waals surface area contributed by atoms with E-state index in [1.165, 1.54) is 30.3 Å². The average molecular weight is 471 g/mol. The second kappa shape index (κ2) is 10.6. The van der Waals surface area contributed by atoms with E-state index < -0.39 is 21.7 Å². The maximum Gasteiger partial charge on any atom is 0.262 e. The Labute approximate surface area is 193 Å². The molecule has 0 heterocycles. The van der Waals surface area contributed by atoms with Gasteiger partial charge in [-0.15, -0.1) is 0 Å². The maximum absolute atomic E-state index is 13.9. The summed E-state index contributed by atoms with van der Waals surface area (Å²) in [7, 11) is -4.08. The quantitative estimate of drug-likeness (QED) is 0.471. The van der Waals surface area contributed by atoms with Crippen LogP contribution < -0.4 is 10.0 Å². The number of carbonyl (C=O) groups excluding carboxylic acids is 1. The van der Waals surface area contributed by atoms with E-state index in [1.54, 1.807) is 13.0 Å². The minimum Gasteiger partial charge on any atom is -0.374 e. The van der Waals surface area contributed by atoms with Crippen molar-refractivity contribution in [2.45, 2.75) is 44.9 Å². The van der Waals surface area contributed by atoms with Gasteiger partial charge in [0.1, 0.15) is 5.82 Å². The van der Waals surface area contributed by atoms with E-state index in [0.29, 0.717) is 12.2 Å². The van der Waals surface area contributed by atoms with E-state index in [1.807, 2.05) is 38.1 Å². The second-order valence-electron chi connectivity index (χ2n) is 7.92. The number of sulfonamides is 1. The summed E-state index contributed by atoms with van der Waals surface area (Å²) in [6, 6.07) is 17.4. The van der Waals surface area contributed by atoms with Crippen LogP contribution in [-0.2, 0) is 27.9 Å². The molecule has 3 aromatic carbocycles. The molecular weight excluding hydrogens is 443 g/mol. The first-order valence-corrected chi connectivity index (χ1v) is 12.0. The van der Waals surface area contributed by atoms with Crippen molar-refractivity contribution in [3.8, 4) is 0 Å². The third-order valence-corrected chi connectivity index (χ3v) is 6.27. The van der Waals surface area contributed by atoms with Gasteiger partial charge in [-0.05, 0) is 61.7 Å². The van der Waals surface area contributed by atoms with Crippen LogP contribution in [0, 0.1) is 12.7 Å². The van der Waals surface area contributed by atoms with Gasteiger partial charge < -0.3 is 10.1 Å². The van der Waals surface area contributed by atoms with Gasteiger partial charge in [0, 0.05) is 12.1 Å². The molecule has 0 aromatic heterocycles. The highest BCUT2D eigenvalue weighted by atomic mass is 32.2. The fourth-order valence-corrected chi connectivity index (χ4v) is 4.22. The Hall–Kier alpha value is -3.23. The lowest BCUT2D eigenvalue weighted by Crippen LogP contribution is -2.24. The lowest BCUT2D eigenvalue weighted by molar-refractivity contribution is 0.0657. The Morgan fingerprint density at radius 2 is 1.73 bits per heavy atom. The van der Waals surface area contributed by atoms with Crippen molar-refractivity contribution in [3.63, 3.8) is 0 Å². The Kier molecular flexibility index (Phi) is 7.84. The molecule has 0 radical (unpaired) electrons. The van der Waals surface area contributed by atoms with E-state index in [-0.39, 0.29) is 28.8 Å². The van der Waals surface area contributed by atoms with Gasteiger partial charge in [0.2, 0.25) is 0 Å². The molecular formula is C25H27FN2O4S. The third kappa shape index (κ3) is 6.63. The molecule has 8 heteroatoms. The fraction of sp³-hybridized carbons (Fsp3) is 0.240. The van der Waals surface area contributed by atoms with Gasteiger partial charge >= 0.3 is 0 Å². The van der Waals surface area contributed by atoms with E-state index >= 15 is 0 Å². The Morgan fingerprint density at radius 3 is 2.45 bits per heavy atom. The zero-order valence-corrected chi connectivity index (χ0v) is 19.6. The number of amides is 1. The molecule has 0 aliphatic rings. The fourth-order valence-electron chi connectivity index (χ4n) is 3.13. The van der Waals surface area contributed by atoms with Crippen LogP contribution in [0.5, 0.6) is 0 Å². The van der Waals surface area contributed by atoms with Crippen LogP contribution in [0.4, 0.5) is 10.1 Å². The van der Waals surface area contributed by atoms with Gasteiger partial charge in [0.25, 0.3) is 15.9 Å². The summed E-state index contributed by atoms with van der Waals surface area (Å²) in [5.41, 5.74) is 2.59. The highest BCUT2D eigenvalue weighted by Gasteiger charge is 2.19. The van der Waals surface area contributed by atoms with E-state index in [4.69, 9.17) is 4.74 Å². The highest BCUT2D eigenvalue weighted by Crippen LogP contribution is 2.21. The first-order chi connectivity index (χ1) is 15.7. The number of nitrogens with one attached hydrogen (secondary N) is 2. The largest absolute Gasteiger partial charge is 0.374 e. The van der Waals surface area contributed by atoms with Gasteiger partial charge in [0.05, 0.1) is 23.3 Å². The van der Waals surface area contributed by atoms with Crippen molar-refractivity contribution in [3.05, 3.63) is 94.8 Å². The molecule has 0 fully saturated rings. The smallest absolute Gasteiger partial charge is 0.262 e. The number of carbonyl (C=O) groups is 1. The summed E-state index contributed by atoms with van der Waals surface area (Å²) in [5.74, 6) is -1.09. The van der Waals surface area contributed by atoms with Crippen molar-refractivity contribution in [1.29, 1.82) is 0 Å². The molecule has 0 unspecified atom stereocenters. The van der Waals surface area contributed by atoms with Crippen molar-refractivity contribution in [1.82, 2.24) is 5.32 Å². The summed E-state index contributed by atoms with van der Waals surface area (Å²) < 4.78 is 47.2. The zero-order chi connectivity index (χ0) is 24.0. The normalized spacial score (nSPS) is 11.4. The minimum absolute atomic E-state index is 0.118. The Bertz CT molecular complexity index is 1240. The summed E-state index contributed by atoms with van der Waals surface area (Å²) in [6.07, 6.45) is 0.118. The number of ether oxygens (including phenoxy) is 1. The monoisotopic (exact) mass is 470 g/mol. The van der Waals surface area contributed by atoms with Crippen LogP contribution in [0.15, 0.2) is 71.6 Å². The topological polar surface area (TPSA) is 84.5 Å². The molecule has 2 N–H and O–H groups in total. The molecule has 0 aliphatic carbocycles. The summed E-state index contributed by atoms with van der Waals surface area (Å²) in [5, 5.41) is 2.83. The van der Waals surface area contributed by atoms with Crippen LogP contribution in [0.25, 0.3) is 0 Å². The third-order valence-electron chi connectivity index (χ3n) is 4.91. The van der Waals surface area contributed by atoms with Crippen molar-refractivity contribution in [2.75, 3.05) is 4.72 Å². The molecule has 1 amide bonds. The highest BCUT2D eigenvalue weighted by molar-refractivity contribution is 7.92. The molecule has 6 nitrogen and oxygen atoms in total. The van der Waals surface area contributed by atoms with E-state index in [0.717, 1.165) is 17.2 Å². The van der Waals surface area contributed by atoms with Crippen molar-refractivity contribution >= 4 is 21.6 Å². The number of benzene rings is 3. The average Bonchev–Trinajstić information content (AvgIpc) is 2.78. The van der Waals surface area contributed by atoms with Crippen LogP contribution in [0.3, 0.4) is 0 Å². The lowest BCUT2D eigenvalue weighted by atomic mass is 10.1. The number of halogens is 1. The summed E-state index contributed by atoms with van der Waals surface area (Å²) in [4.78, 5) is 12.7. The summed E-state index contributed by atoms with van der Waals surface area (Å²) >= 11 is 0. The van der Waals surface area contributed by atoms with Crippen LogP contribution >= 0.6 is 0 Å². The first-order valence-electron chi connectivity index (χ1n) is 10.5. The van der Waals surface area contributed by atoms with Gasteiger partial charge in [-0.3, -0.25) is 9.52 Å². The molecule has 0 aliphatic heterocycles. The number of hydrogen-bond acceptors (Lipinski definition) is 4. The molecule has 3 rings (SSSR count). The van der Waals surface area contributed by atoms with Gasteiger partial charge in [-0.2, -0.15) is 0 Å². The number of anilines is 1. The number of hydrogen-bond donors (Lipinski definition) is 2. The predicted octanol–water partition coefficient (Wildman–Crippen LogP) is 4.79.